The van der Waals surface area contributed by atoms with Gasteiger partial charge in [-0.1, -0.05) is 104 Å². The molecule has 0 radical (unpaired) electrons. The number of benzene rings is 2. The summed E-state index contributed by atoms with van der Waals surface area (Å²) in [6.45, 7) is 18.0. The molecule has 2 aromatic rings. The van der Waals surface area contributed by atoms with Crippen molar-refractivity contribution < 1.29 is 9.53 Å². The number of ether oxygens (including phenoxy) is 1. The third-order valence-electron chi connectivity index (χ3n) is 7.17. The minimum absolute atomic E-state index is 0.0178. The van der Waals surface area contributed by atoms with Crippen molar-refractivity contribution in [3.05, 3.63) is 70.3 Å². The lowest BCUT2D eigenvalue weighted by molar-refractivity contribution is 0.0929. The zero-order chi connectivity index (χ0) is 25.7. The Morgan fingerprint density at radius 3 is 2.09 bits per heavy atom. The Balaban J connectivity index is 1.92. The lowest BCUT2D eigenvalue weighted by atomic mass is 9.84. The summed E-state index contributed by atoms with van der Waals surface area (Å²) >= 11 is 0. The quantitative estimate of drug-likeness (QED) is 0.393. The zero-order valence-electron chi connectivity index (χ0n) is 22.9. The fourth-order valence-corrected chi connectivity index (χ4v) is 4.71. The number of carbonyl (C=O) groups is 1. The highest BCUT2D eigenvalue weighted by molar-refractivity contribution is 6.00. The van der Waals surface area contributed by atoms with Gasteiger partial charge in [0.15, 0.2) is 0 Å². The summed E-state index contributed by atoms with van der Waals surface area (Å²) in [6, 6.07) is 14.7. The van der Waals surface area contributed by atoms with Gasteiger partial charge in [-0.15, -0.1) is 0 Å². The third kappa shape index (κ3) is 6.54. The largest absolute Gasteiger partial charge is 0.477 e. The first kappa shape index (κ1) is 27.0. The van der Waals surface area contributed by atoms with Crippen LogP contribution >= 0.6 is 0 Å². The number of aliphatic imine (C=N–C) groups is 1. The van der Waals surface area contributed by atoms with Crippen LogP contribution in [0.5, 0.6) is 0 Å². The smallest absolute Gasteiger partial charge is 0.252 e. The molecule has 4 nitrogen and oxygen atoms in total. The SMILES string of the molecule is CC[C@H](C)[C@H](NC(=O)c1c(C(C)C)cc(C(C)C)cc1C(C)C)C1=NC(Cc2ccccc2)CO1. The first-order valence-electron chi connectivity index (χ1n) is 13.3. The summed E-state index contributed by atoms with van der Waals surface area (Å²) in [7, 11) is 0. The van der Waals surface area contributed by atoms with Gasteiger partial charge in [-0.2, -0.15) is 0 Å². The number of nitrogens with zero attached hydrogens (tertiary/aromatic N) is 1. The van der Waals surface area contributed by atoms with Crippen LogP contribution in [0.15, 0.2) is 47.5 Å². The summed E-state index contributed by atoms with van der Waals surface area (Å²) in [4.78, 5) is 18.8. The van der Waals surface area contributed by atoms with Crippen molar-refractivity contribution in [2.45, 2.75) is 98.1 Å². The molecule has 3 atom stereocenters. The van der Waals surface area contributed by atoms with Gasteiger partial charge in [0, 0.05) is 5.56 Å². The van der Waals surface area contributed by atoms with E-state index in [1.54, 1.807) is 0 Å². The zero-order valence-corrected chi connectivity index (χ0v) is 22.9. The van der Waals surface area contributed by atoms with Gasteiger partial charge in [-0.25, -0.2) is 4.99 Å². The van der Waals surface area contributed by atoms with Crippen LogP contribution in [0.1, 0.15) is 112 Å². The van der Waals surface area contributed by atoms with E-state index in [-0.39, 0.29) is 35.7 Å². The second-order valence-electron chi connectivity index (χ2n) is 11.0. The van der Waals surface area contributed by atoms with Crippen LogP contribution in [-0.4, -0.2) is 30.5 Å². The normalized spacial score (nSPS) is 17.5. The second kappa shape index (κ2) is 11.9. The number of rotatable bonds is 10. The Morgan fingerprint density at radius 1 is 0.971 bits per heavy atom. The molecular weight excluding hydrogens is 432 g/mol. The highest BCUT2D eigenvalue weighted by Crippen LogP contribution is 2.32. The van der Waals surface area contributed by atoms with E-state index in [0.29, 0.717) is 18.4 Å². The van der Waals surface area contributed by atoms with Crippen LogP contribution in [0.3, 0.4) is 0 Å². The molecule has 1 N–H and O–H groups in total. The Hall–Kier alpha value is -2.62. The summed E-state index contributed by atoms with van der Waals surface area (Å²) in [5.74, 6) is 1.79. The monoisotopic (exact) mass is 476 g/mol. The molecule has 0 aromatic heterocycles. The maximum absolute atomic E-state index is 13.9. The lowest BCUT2D eigenvalue weighted by Crippen LogP contribution is -2.46. The van der Waals surface area contributed by atoms with Gasteiger partial charge in [0.2, 0.25) is 5.90 Å². The number of nitrogens with one attached hydrogen (secondary N) is 1. The van der Waals surface area contributed by atoms with Crippen LogP contribution in [-0.2, 0) is 11.2 Å². The Morgan fingerprint density at radius 2 is 1.57 bits per heavy atom. The van der Waals surface area contributed by atoms with Crippen molar-refractivity contribution in [2.75, 3.05) is 6.61 Å². The minimum atomic E-state index is -0.238. The van der Waals surface area contributed by atoms with Gasteiger partial charge in [-0.3, -0.25) is 4.79 Å². The maximum atomic E-state index is 13.9. The molecule has 0 spiro atoms. The predicted molar refractivity (Wildman–Crippen MR) is 147 cm³/mol. The van der Waals surface area contributed by atoms with E-state index in [1.807, 2.05) is 6.07 Å². The van der Waals surface area contributed by atoms with Crippen molar-refractivity contribution in [1.29, 1.82) is 0 Å². The molecule has 4 heteroatoms. The highest BCUT2D eigenvalue weighted by atomic mass is 16.5. The van der Waals surface area contributed by atoms with E-state index >= 15 is 0 Å². The fraction of sp³-hybridized carbons (Fsp3) is 0.548. The molecule has 1 aliphatic rings. The van der Waals surface area contributed by atoms with E-state index < -0.39 is 0 Å². The summed E-state index contributed by atoms with van der Waals surface area (Å²) < 4.78 is 6.10. The molecule has 0 aliphatic carbocycles. The Bertz CT molecular complexity index is 995. The van der Waals surface area contributed by atoms with Crippen LogP contribution in [0, 0.1) is 5.92 Å². The molecule has 1 unspecified atom stereocenters. The van der Waals surface area contributed by atoms with Crippen LogP contribution in [0.2, 0.25) is 0 Å². The van der Waals surface area contributed by atoms with Gasteiger partial charge in [-0.05, 0) is 52.3 Å². The predicted octanol–water partition coefficient (Wildman–Crippen LogP) is 7.24. The molecule has 0 saturated carbocycles. The van der Waals surface area contributed by atoms with E-state index in [9.17, 15) is 4.79 Å². The van der Waals surface area contributed by atoms with E-state index in [2.05, 4.69) is 97.1 Å². The average molecular weight is 477 g/mol. The first-order chi connectivity index (χ1) is 16.6. The minimum Gasteiger partial charge on any atom is -0.477 e. The van der Waals surface area contributed by atoms with Gasteiger partial charge in [0.05, 0.1) is 6.04 Å². The number of amides is 1. The van der Waals surface area contributed by atoms with E-state index in [4.69, 9.17) is 9.73 Å². The average Bonchev–Trinajstić information content (AvgIpc) is 3.29. The molecule has 190 valence electrons. The first-order valence-corrected chi connectivity index (χ1v) is 13.3. The molecule has 1 heterocycles. The highest BCUT2D eigenvalue weighted by Gasteiger charge is 2.32. The molecule has 3 rings (SSSR count). The molecule has 0 bridgehead atoms. The van der Waals surface area contributed by atoms with Gasteiger partial charge in [0.1, 0.15) is 12.6 Å². The summed E-state index contributed by atoms with van der Waals surface area (Å²) in [6.07, 6.45) is 1.77. The number of hydrogen-bond acceptors (Lipinski definition) is 3. The van der Waals surface area contributed by atoms with Crippen molar-refractivity contribution >= 4 is 11.8 Å². The van der Waals surface area contributed by atoms with Gasteiger partial charge in [0.25, 0.3) is 5.91 Å². The molecule has 0 fully saturated rings. The fourth-order valence-electron chi connectivity index (χ4n) is 4.71. The van der Waals surface area contributed by atoms with Crippen LogP contribution in [0.4, 0.5) is 0 Å². The maximum Gasteiger partial charge on any atom is 0.252 e. The molecule has 2 aromatic carbocycles. The second-order valence-corrected chi connectivity index (χ2v) is 11.0. The Labute approximate surface area is 212 Å². The van der Waals surface area contributed by atoms with E-state index in [1.165, 1.54) is 11.1 Å². The Kier molecular flexibility index (Phi) is 9.15. The summed E-state index contributed by atoms with van der Waals surface area (Å²) in [5.41, 5.74) is 5.61. The van der Waals surface area contributed by atoms with Crippen LogP contribution in [0.25, 0.3) is 0 Å². The van der Waals surface area contributed by atoms with Gasteiger partial charge < -0.3 is 10.1 Å². The molecular formula is C31H44N2O2. The molecule has 35 heavy (non-hydrogen) atoms. The standard InChI is InChI=1S/C31H44N2O2/c1-9-22(8)29(31-32-25(18-35-31)15-23-13-11-10-12-14-23)33-30(34)28-26(20(4)5)16-24(19(2)3)17-27(28)21(6)7/h10-14,16-17,19-22,25,29H,9,15,18H2,1-8H3,(H,33,34)/t22-,25?,29-/m0/s1. The van der Waals surface area contributed by atoms with E-state index in [0.717, 1.165) is 29.5 Å². The van der Waals surface area contributed by atoms with Crippen LogP contribution < -0.4 is 5.32 Å². The lowest BCUT2D eigenvalue weighted by Gasteiger charge is -2.27. The molecule has 1 amide bonds. The van der Waals surface area contributed by atoms with Crippen molar-refractivity contribution in [3.63, 3.8) is 0 Å². The van der Waals surface area contributed by atoms with Crippen molar-refractivity contribution in [3.8, 4) is 0 Å². The van der Waals surface area contributed by atoms with Crippen molar-refractivity contribution in [1.82, 2.24) is 5.32 Å². The number of carbonyl (C=O) groups excluding carboxylic acids is 1. The topological polar surface area (TPSA) is 50.7 Å². The number of hydrogen-bond donors (Lipinski definition) is 1. The molecule has 0 saturated heterocycles. The molecule has 1 aliphatic heterocycles. The summed E-state index contributed by atoms with van der Waals surface area (Å²) in [5, 5.41) is 3.35. The third-order valence-corrected chi connectivity index (χ3v) is 7.17. The van der Waals surface area contributed by atoms with Crippen molar-refractivity contribution in [2.24, 2.45) is 10.9 Å². The van der Waals surface area contributed by atoms with Gasteiger partial charge >= 0.3 is 0 Å².